The summed E-state index contributed by atoms with van der Waals surface area (Å²) in [5.41, 5.74) is -0.338. The summed E-state index contributed by atoms with van der Waals surface area (Å²) < 4.78 is 11.0. The summed E-state index contributed by atoms with van der Waals surface area (Å²) in [5, 5.41) is 6.47. The van der Waals surface area contributed by atoms with Gasteiger partial charge in [-0.05, 0) is 46.3 Å². The number of aliphatic imine (C=N–C) groups is 1. The van der Waals surface area contributed by atoms with Gasteiger partial charge in [0.25, 0.3) is 0 Å². The van der Waals surface area contributed by atoms with E-state index in [-0.39, 0.29) is 17.7 Å². The van der Waals surface area contributed by atoms with Gasteiger partial charge in [0.2, 0.25) is 0 Å². The number of nitrogens with one attached hydrogen (secondary N) is 2. The third-order valence-electron chi connectivity index (χ3n) is 5.83. The van der Waals surface area contributed by atoms with E-state index in [1.807, 2.05) is 32.5 Å². The molecule has 9 heteroatoms. The molecule has 3 aliphatic heterocycles. The van der Waals surface area contributed by atoms with Crippen LogP contribution in [0.1, 0.15) is 40.5 Å². The first kappa shape index (κ1) is 23.5. The van der Waals surface area contributed by atoms with Crippen molar-refractivity contribution in [1.29, 1.82) is 0 Å². The monoisotopic (exact) mass is 441 g/mol. The Hall–Kier alpha value is -1.19. The third-order valence-corrected chi connectivity index (χ3v) is 7.07. The average molecular weight is 442 g/mol. The molecule has 3 fully saturated rings. The standard InChI is InChI=1S/C21H39N5O3S/c1-5-22-18(25-8-6-17(14-25)24-19(27)29-20(2,3)4)23-15-21(7-13-30-16-21)26-9-11-28-12-10-26/h17H,5-16H2,1-4H3,(H,22,23)(H,24,27). The van der Waals surface area contributed by atoms with Crippen molar-refractivity contribution in [2.75, 3.05) is 64.0 Å². The number of alkyl carbamates (subject to hydrolysis) is 1. The van der Waals surface area contributed by atoms with Crippen LogP contribution in [0.2, 0.25) is 0 Å². The van der Waals surface area contributed by atoms with Crippen molar-refractivity contribution in [2.24, 2.45) is 4.99 Å². The molecule has 0 radical (unpaired) electrons. The highest BCUT2D eigenvalue weighted by atomic mass is 32.2. The zero-order valence-corrected chi connectivity index (χ0v) is 19.9. The number of guanidine groups is 1. The van der Waals surface area contributed by atoms with Gasteiger partial charge >= 0.3 is 6.09 Å². The summed E-state index contributed by atoms with van der Waals surface area (Å²) in [5.74, 6) is 3.30. The smallest absolute Gasteiger partial charge is 0.407 e. The lowest BCUT2D eigenvalue weighted by molar-refractivity contribution is -0.0105. The fourth-order valence-corrected chi connectivity index (χ4v) is 5.77. The largest absolute Gasteiger partial charge is 0.444 e. The molecule has 2 unspecified atom stereocenters. The number of hydrogen-bond acceptors (Lipinski definition) is 6. The molecule has 0 saturated carbocycles. The van der Waals surface area contributed by atoms with E-state index < -0.39 is 5.60 Å². The van der Waals surface area contributed by atoms with Crippen molar-refractivity contribution < 1.29 is 14.3 Å². The summed E-state index contributed by atoms with van der Waals surface area (Å²) in [6.07, 6.45) is 1.74. The van der Waals surface area contributed by atoms with Crippen molar-refractivity contribution in [3.63, 3.8) is 0 Å². The first-order valence-corrected chi connectivity index (χ1v) is 12.4. The number of morpholine rings is 1. The van der Waals surface area contributed by atoms with E-state index in [2.05, 4.69) is 27.4 Å². The number of ether oxygens (including phenoxy) is 2. The molecule has 0 aliphatic carbocycles. The number of carbonyl (C=O) groups is 1. The van der Waals surface area contributed by atoms with Crippen molar-refractivity contribution >= 4 is 23.8 Å². The second-order valence-electron chi connectivity index (χ2n) is 9.37. The van der Waals surface area contributed by atoms with Crippen LogP contribution in [-0.4, -0.2) is 103 Å². The third kappa shape index (κ3) is 6.40. The molecule has 0 spiro atoms. The van der Waals surface area contributed by atoms with E-state index in [0.717, 1.165) is 70.6 Å². The van der Waals surface area contributed by atoms with E-state index in [1.165, 1.54) is 12.2 Å². The molecule has 30 heavy (non-hydrogen) atoms. The maximum absolute atomic E-state index is 12.1. The number of carbonyl (C=O) groups excluding carboxylic acids is 1. The average Bonchev–Trinajstić information content (AvgIpc) is 3.35. The Kier molecular flexibility index (Phi) is 8.15. The van der Waals surface area contributed by atoms with Crippen molar-refractivity contribution in [2.45, 2.75) is 57.7 Å². The molecule has 2 atom stereocenters. The SMILES string of the molecule is CCNC(=NCC1(N2CCOCC2)CCSC1)N1CCC(NC(=O)OC(C)(C)C)C1. The highest BCUT2D eigenvalue weighted by Crippen LogP contribution is 2.34. The molecule has 172 valence electrons. The highest BCUT2D eigenvalue weighted by molar-refractivity contribution is 7.99. The van der Waals surface area contributed by atoms with Crippen LogP contribution < -0.4 is 10.6 Å². The quantitative estimate of drug-likeness (QED) is 0.497. The lowest BCUT2D eigenvalue weighted by Gasteiger charge is -2.42. The second kappa shape index (κ2) is 10.4. The fourth-order valence-electron chi connectivity index (χ4n) is 4.30. The van der Waals surface area contributed by atoms with Crippen LogP contribution in [-0.2, 0) is 9.47 Å². The molecule has 3 aliphatic rings. The van der Waals surface area contributed by atoms with E-state index in [9.17, 15) is 4.79 Å². The van der Waals surface area contributed by atoms with E-state index in [1.54, 1.807) is 0 Å². The lowest BCUT2D eigenvalue weighted by Crippen LogP contribution is -2.56. The normalized spacial score (nSPS) is 28.6. The molecule has 1 amide bonds. The number of rotatable bonds is 5. The van der Waals surface area contributed by atoms with Crippen LogP contribution >= 0.6 is 11.8 Å². The maximum atomic E-state index is 12.1. The van der Waals surface area contributed by atoms with Gasteiger partial charge < -0.3 is 25.0 Å². The van der Waals surface area contributed by atoms with E-state index >= 15 is 0 Å². The molecular weight excluding hydrogens is 402 g/mol. The van der Waals surface area contributed by atoms with Gasteiger partial charge in [0, 0.05) is 38.5 Å². The van der Waals surface area contributed by atoms with Crippen LogP contribution in [0.5, 0.6) is 0 Å². The van der Waals surface area contributed by atoms with Crippen molar-refractivity contribution in [3.05, 3.63) is 0 Å². The van der Waals surface area contributed by atoms with Gasteiger partial charge in [-0.3, -0.25) is 9.89 Å². The predicted molar refractivity (Wildman–Crippen MR) is 122 cm³/mol. The van der Waals surface area contributed by atoms with Gasteiger partial charge in [-0.1, -0.05) is 0 Å². The zero-order chi connectivity index (χ0) is 21.6. The number of nitrogens with zero attached hydrogens (tertiary/aromatic N) is 3. The van der Waals surface area contributed by atoms with Crippen LogP contribution in [0.25, 0.3) is 0 Å². The molecule has 0 aromatic rings. The van der Waals surface area contributed by atoms with Gasteiger partial charge in [-0.15, -0.1) is 0 Å². The molecular formula is C21H39N5O3S. The topological polar surface area (TPSA) is 78.4 Å². The minimum atomic E-state index is -0.480. The first-order valence-electron chi connectivity index (χ1n) is 11.2. The van der Waals surface area contributed by atoms with Gasteiger partial charge in [-0.25, -0.2) is 4.79 Å². The number of likely N-dealkylation sites (tertiary alicyclic amines) is 1. The van der Waals surface area contributed by atoms with Crippen LogP contribution in [0.3, 0.4) is 0 Å². The molecule has 0 aromatic carbocycles. The molecule has 0 bridgehead atoms. The van der Waals surface area contributed by atoms with Gasteiger partial charge in [-0.2, -0.15) is 11.8 Å². The first-order chi connectivity index (χ1) is 14.3. The summed E-state index contributed by atoms with van der Waals surface area (Å²) in [6, 6.07) is 0.0824. The Morgan fingerprint density at radius 3 is 2.70 bits per heavy atom. The van der Waals surface area contributed by atoms with Crippen LogP contribution in [0.4, 0.5) is 4.79 Å². The number of hydrogen-bond donors (Lipinski definition) is 2. The predicted octanol–water partition coefficient (Wildman–Crippen LogP) is 1.76. The molecule has 3 heterocycles. The number of thioether (sulfide) groups is 1. The minimum absolute atomic E-state index is 0.0824. The Morgan fingerprint density at radius 2 is 2.07 bits per heavy atom. The summed E-state index contributed by atoms with van der Waals surface area (Å²) in [6.45, 7) is 14.7. The van der Waals surface area contributed by atoms with E-state index in [0.29, 0.717) is 0 Å². The Labute approximate surface area is 185 Å². The second-order valence-corrected chi connectivity index (χ2v) is 10.5. The fraction of sp³-hybridized carbons (Fsp3) is 0.905. The Bertz CT molecular complexity index is 598. The molecule has 3 saturated heterocycles. The minimum Gasteiger partial charge on any atom is -0.444 e. The summed E-state index contributed by atoms with van der Waals surface area (Å²) >= 11 is 2.04. The van der Waals surface area contributed by atoms with Crippen molar-refractivity contribution in [3.8, 4) is 0 Å². The zero-order valence-electron chi connectivity index (χ0n) is 19.0. The molecule has 3 rings (SSSR count). The van der Waals surface area contributed by atoms with Crippen molar-refractivity contribution in [1.82, 2.24) is 20.4 Å². The number of amides is 1. The summed E-state index contributed by atoms with van der Waals surface area (Å²) in [7, 11) is 0. The Balaban J connectivity index is 1.60. The summed E-state index contributed by atoms with van der Waals surface area (Å²) in [4.78, 5) is 22.1. The van der Waals surface area contributed by atoms with Gasteiger partial charge in [0.15, 0.2) is 5.96 Å². The molecule has 2 N–H and O–H groups in total. The van der Waals surface area contributed by atoms with E-state index in [4.69, 9.17) is 14.5 Å². The molecule has 0 aromatic heterocycles. The van der Waals surface area contributed by atoms with Crippen LogP contribution in [0.15, 0.2) is 4.99 Å². The highest BCUT2D eigenvalue weighted by Gasteiger charge is 2.41. The maximum Gasteiger partial charge on any atom is 0.407 e. The van der Waals surface area contributed by atoms with Gasteiger partial charge in [0.05, 0.1) is 31.3 Å². The Morgan fingerprint density at radius 1 is 1.30 bits per heavy atom. The van der Waals surface area contributed by atoms with Gasteiger partial charge in [0.1, 0.15) is 5.60 Å². The molecule has 8 nitrogen and oxygen atoms in total. The lowest BCUT2D eigenvalue weighted by atomic mass is 9.96. The van der Waals surface area contributed by atoms with Crippen LogP contribution in [0, 0.1) is 0 Å².